The van der Waals surface area contributed by atoms with Crippen LogP contribution in [0.4, 0.5) is 4.39 Å². The van der Waals surface area contributed by atoms with E-state index in [1.165, 1.54) is 12.1 Å². The monoisotopic (exact) mass is 208 g/mol. The van der Waals surface area contributed by atoms with Crippen LogP contribution >= 0.6 is 0 Å². The fourth-order valence-electron chi connectivity index (χ4n) is 2.10. The molecule has 1 atom stereocenters. The van der Waals surface area contributed by atoms with Crippen molar-refractivity contribution in [2.24, 2.45) is 0 Å². The predicted octanol–water partition coefficient (Wildman–Crippen LogP) is 2.67. The van der Waals surface area contributed by atoms with E-state index in [1.54, 1.807) is 13.2 Å². The summed E-state index contributed by atoms with van der Waals surface area (Å²) in [6, 6.07) is 4.47. The van der Waals surface area contributed by atoms with Crippen molar-refractivity contribution in [2.75, 3.05) is 7.11 Å². The summed E-state index contributed by atoms with van der Waals surface area (Å²) in [5.41, 5.74) is 0.823. The summed E-state index contributed by atoms with van der Waals surface area (Å²) in [5.74, 6) is 0.788. The lowest BCUT2D eigenvalue weighted by Crippen LogP contribution is -1.99. The van der Waals surface area contributed by atoms with Gasteiger partial charge in [0.15, 0.2) is 0 Å². The summed E-state index contributed by atoms with van der Waals surface area (Å²) < 4.78 is 18.3. The molecule has 15 heavy (non-hydrogen) atoms. The summed E-state index contributed by atoms with van der Waals surface area (Å²) in [6.07, 6.45) is 1.92. The Balaban J connectivity index is 2.33. The van der Waals surface area contributed by atoms with E-state index in [0.29, 0.717) is 18.6 Å². The van der Waals surface area contributed by atoms with Crippen LogP contribution in [0, 0.1) is 5.82 Å². The number of benzene rings is 1. The van der Waals surface area contributed by atoms with Gasteiger partial charge in [0.2, 0.25) is 0 Å². The lowest BCUT2D eigenvalue weighted by molar-refractivity contribution is -0.117. The van der Waals surface area contributed by atoms with Crippen LogP contribution in [0.5, 0.6) is 5.75 Å². The summed E-state index contributed by atoms with van der Waals surface area (Å²) in [7, 11) is 1.56. The first-order valence-electron chi connectivity index (χ1n) is 5.06. The molecule has 1 aliphatic carbocycles. The molecule has 0 saturated heterocycles. The number of rotatable bonds is 2. The van der Waals surface area contributed by atoms with Gasteiger partial charge in [0, 0.05) is 18.4 Å². The van der Waals surface area contributed by atoms with E-state index >= 15 is 0 Å². The molecular weight excluding hydrogens is 195 g/mol. The Labute approximate surface area is 88.1 Å². The Morgan fingerprint density at radius 3 is 2.87 bits per heavy atom. The van der Waals surface area contributed by atoms with Gasteiger partial charge in [0.1, 0.15) is 17.3 Å². The molecule has 1 fully saturated rings. The van der Waals surface area contributed by atoms with Crippen molar-refractivity contribution in [1.82, 2.24) is 0 Å². The molecule has 3 heteroatoms. The number of hydrogen-bond acceptors (Lipinski definition) is 2. The second-order valence-electron chi connectivity index (χ2n) is 3.86. The maximum atomic E-state index is 13.1. The zero-order valence-corrected chi connectivity index (χ0v) is 8.63. The third-order valence-electron chi connectivity index (χ3n) is 2.88. The maximum Gasteiger partial charge on any atom is 0.133 e. The first-order valence-corrected chi connectivity index (χ1v) is 5.06. The smallest absolute Gasteiger partial charge is 0.133 e. The molecule has 2 rings (SSSR count). The number of carbonyl (C=O) groups is 1. The summed E-state index contributed by atoms with van der Waals surface area (Å²) in [6.45, 7) is 0. The van der Waals surface area contributed by atoms with Crippen LogP contribution in [0.1, 0.15) is 30.7 Å². The van der Waals surface area contributed by atoms with Gasteiger partial charge >= 0.3 is 0 Å². The highest BCUT2D eigenvalue weighted by molar-refractivity contribution is 5.81. The zero-order valence-electron chi connectivity index (χ0n) is 8.63. The average Bonchev–Trinajstić information content (AvgIpc) is 2.65. The fourth-order valence-corrected chi connectivity index (χ4v) is 2.10. The third-order valence-corrected chi connectivity index (χ3v) is 2.88. The molecule has 0 N–H and O–H groups in total. The van der Waals surface area contributed by atoms with Gasteiger partial charge in [-0.3, -0.25) is 4.79 Å². The molecule has 1 aromatic rings. The van der Waals surface area contributed by atoms with Crippen LogP contribution < -0.4 is 4.74 Å². The molecule has 1 aliphatic rings. The highest BCUT2D eigenvalue weighted by Gasteiger charge is 2.26. The number of hydrogen-bond donors (Lipinski definition) is 0. The average molecular weight is 208 g/mol. The van der Waals surface area contributed by atoms with Crippen molar-refractivity contribution in [3.63, 3.8) is 0 Å². The van der Waals surface area contributed by atoms with Gasteiger partial charge in [-0.2, -0.15) is 0 Å². The summed E-state index contributed by atoms with van der Waals surface area (Å²) in [5, 5.41) is 0. The SMILES string of the molecule is COc1ccc(F)cc1C1CCC(=O)C1. The molecule has 2 nitrogen and oxygen atoms in total. The number of methoxy groups -OCH3 is 1. The predicted molar refractivity (Wildman–Crippen MR) is 54.6 cm³/mol. The molecule has 0 radical (unpaired) electrons. The van der Waals surface area contributed by atoms with Crippen molar-refractivity contribution in [1.29, 1.82) is 0 Å². The van der Waals surface area contributed by atoms with Crippen LogP contribution in [0.2, 0.25) is 0 Å². The Hall–Kier alpha value is -1.38. The van der Waals surface area contributed by atoms with Crippen molar-refractivity contribution in [3.05, 3.63) is 29.6 Å². The van der Waals surface area contributed by atoms with E-state index in [-0.39, 0.29) is 17.5 Å². The molecule has 0 amide bonds. The Kier molecular flexibility index (Phi) is 2.71. The van der Waals surface area contributed by atoms with E-state index in [9.17, 15) is 9.18 Å². The van der Waals surface area contributed by atoms with Crippen LogP contribution in [0.25, 0.3) is 0 Å². The molecule has 1 saturated carbocycles. The molecule has 0 aromatic heterocycles. The minimum atomic E-state index is -0.273. The lowest BCUT2D eigenvalue weighted by atomic mass is 9.96. The van der Waals surface area contributed by atoms with Crippen molar-refractivity contribution in [3.8, 4) is 5.75 Å². The van der Waals surface area contributed by atoms with E-state index in [4.69, 9.17) is 4.74 Å². The second-order valence-corrected chi connectivity index (χ2v) is 3.86. The Morgan fingerprint density at radius 2 is 2.27 bits per heavy atom. The second kappa shape index (κ2) is 4.01. The Morgan fingerprint density at radius 1 is 1.47 bits per heavy atom. The first kappa shape index (κ1) is 10.1. The van der Waals surface area contributed by atoms with E-state index in [1.807, 2.05) is 0 Å². The molecular formula is C12H13FO2. The van der Waals surface area contributed by atoms with Crippen LogP contribution in [0.3, 0.4) is 0 Å². The number of ether oxygens (including phenoxy) is 1. The molecule has 0 heterocycles. The molecule has 80 valence electrons. The highest BCUT2D eigenvalue weighted by atomic mass is 19.1. The van der Waals surface area contributed by atoms with Gasteiger partial charge in [-0.15, -0.1) is 0 Å². The number of carbonyl (C=O) groups excluding carboxylic acids is 1. The van der Waals surface area contributed by atoms with Crippen LogP contribution in [0.15, 0.2) is 18.2 Å². The Bertz CT molecular complexity index is 387. The minimum Gasteiger partial charge on any atom is -0.496 e. The zero-order chi connectivity index (χ0) is 10.8. The van der Waals surface area contributed by atoms with Crippen molar-refractivity contribution < 1.29 is 13.9 Å². The summed E-state index contributed by atoms with van der Waals surface area (Å²) in [4.78, 5) is 11.2. The number of ketones is 1. The van der Waals surface area contributed by atoms with E-state index < -0.39 is 0 Å². The van der Waals surface area contributed by atoms with E-state index in [0.717, 1.165) is 12.0 Å². The first-order chi connectivity index (χ1) is 7.20. The quantitative estimate of drug-likeness (QED) is 0.746. The van der Waals surface area contributed by atoms with Gasteiger partial charge in [-0.25, -0.2) is 4.39 Å². The fraction of sp³-hybridized carbons (Fsp3) is 0.417. The molecule has 1 aromatic carbocycles. The van der Waals surface area contributed by atoms with Gasteiger partial charge in [-0.1, -0.05) is 0 Å². The van der Waals surface area contributed by atoms with E-state index in [2.05, 4.69) is 0 Å². The normalized spacial score (nSPS) is 20.7. The topological polar surface area (TPSA) is 26.3 Å². The number of Topliss-reactive ketones (excluding diaryl/α,β-unsaturated/α-hetero) is 1. The minimum absolute atomic E-state index is 0.128. The van der Waals surface area contributed by atoms with Gasteiger partial charge in [0.05, 0.1) is 7.11 Å². The third kappa shape index (κ3) is 2.01. The molecule has 1 unspecified atom stereocenters. The maximum absolute atomic E-state index is 13.1. The standard InChI is InChI=1S/C12H13FO2/c1-15-12-5-3-9(13)7-11(12)8-2-4-10(14)6-8/h3,5,7-8H,2,4,6H2,1H3. The van der Waals surface area contributed by atoms with Gasteiger partial charge in [0.25, 0.3) is 0 Å². The molecule has 0 bridgehead atoms. The van der Waals surface area contributed by atoms with Crippen LogP contribution in [-0.2, 0) is 4.79 Å². The molecule has 0 aliphatic heterocycles. The largest absolute Gasteiger partial charge is 0.496 e. The lowest BCUT2D eigenvalue weighted by Gasteiger charge is -2.13. The van der Waals surface area contributed by atoms with Gasteiger partial charge < -0.3 is 4.74 Å². The highest BCUT2D eigenvalue weighted by Crippen LogP contribution is 2.37. The van der Waals surface area contributed by atoms with Crippen molar-refractivity contribution in [2.45, 2.75) is 25.2 Å². The van der Waals surface area contributed by atoms with Crippen LogP contribution in [-0.4, -0.2) is 12.9 Å². The van der Waals surface area contributed by atoms with Gasteiger partial charge in [-0.05, 0) is 30.5 Å². The summed E-state index contributed by atoms with van der Waals surface area (Å²) >= 11 is 0. The van der Waals surface area contributed by atoms with Crippen molar-refractivity contribution >= 4 is 5.78 Å². The number of halogens is 1. The molecule has 0 spiro atoms.